The summed E-state index contributed by atoms with van der Waals surface area (Å²) in [5, 5.41) is 17.5. The molecule has 5 nitrogen and oxygen atoms in total. The lowest BCUT2D eigenvalue weighted by atomic mass is 9.95. The van der Waals surface area contributed by atoms with Crippen LogP contribution in [0.3, 0.4) is 0 Å². The number of aromatic nitrogens is 2. The van der Waals surface area contributed by atoms with Crippen molar-refractivity contribution in [1.29, 1.82) is 0 Å². The predicted octanol–water partition coefficient (Wildman–Crippen LogP) is 3.00. The number of hydrogen-bond donors (Lipinski definition) is 2. The third-order valence-electron chi connectivity index (χ3n) is 3.31. The SMILES string of the molecule is O=C(O)C1CCCCCC1Nc1nnc(C(F)(F)F)s1. The van der Waals surface area contributed by atoms with Crippen LogP contribution in [-0.4, -0.2) is 27.3 Å². The first-order chi connectivity index (χ1) is 9.38. The van der Waals surface area contributed by atoms with Crippen LogP contribution < -0.4 is 5.32 Å². The number of carbonyl (C=O) groups is 1. The van der Waals surface area contributed by atoms with Crippen molar-refractivity contribution in [2.75, 3.05) is 5.32 Å². The molecule has 1 aromatic heterocycles. The number of hydrogen-bond acceptors (Lipinski definition) is 5. The van der Waals surface area contributed by atoms with E-state index in [1.54, 1.807) is 0 Å². The predicted molar refractivity (Wildman–Crippen MR) is 66.5 cm³/mol. The number of nitrogens with zero attached hydrogens (tertiary/aromatic N) is 2. The Bertz CT molecular complexity index is 478. The highest BCUT2D eigenvalue weighted by Gasteiger charge is 2.36. The number of carboxylic acid groups (broad SMARTS) is 1. The van der Waals surface area contributed by atoms with E-state index in [1.807, 2.05) is 0 Å². The molecule has 0 saturated heterocycles. The molecule has 0 aliphatic heterocycles. The Kier molecular flexibility index (Phi) is 4.46. The van der Waals surface area contributed by atoms with Crippen molar-refractivity contribution in [3.63, 3.8) is 0 Å². The van der Waals surface area contributed by atoms with E-state index >= 15 is 0 Å². The monoisotopic (exact) mass is 309 g/mol. The van der Waals surface area contributed by atoms with Gasteiger partial charge in [0.15, 0.2) is 0 Å². The fourth-order valence-electron chi connectivity index (χ4n) is 2.33. The van der Waals surface area contributed by atoms with E-state index in [0.717, 1.165) is 19.3 Å². The molecule has 0 amide bonds. The van der Waals surface area contributed by atoms with Gasteiger partial charge in [-0.05, 0) is 12.8 Å². The maximum atomic E-state index is 12.4. The average Bonchev–Trinajstić information content (AvgIpc) is 2.68. The highest BCUT2D eigenvalue weighted by atomic mass is 32.1. The minimum Gasteiger partial charge on any atom is -0.481 e. The summed E-state index contributed by atoms with van der Waals surface area (Å²) in [4.78, 5) is 11.2. The third kappa shape index (κ3) is 3.59. The first kappa shape index (κ1) is 15.0. The summed E-state index contributed by atoms with van der Waals surface area (Å²) in [5.41, 5.74) is 0. The maximum absolute atomic E-state index is 12.4. The van der Waals surface area contributed by atoms with Gasteiger partial charge in [0, 0.05) is 6.04 Å². The third-order valence-corrected chi connectivity index (χ3v) is 4.21. The van der Waals surface area contributed by atoms with Crippen LogP contribution in [0.2, 0.25) is 0 Å². The Balaban J connectivity index is 2.10. The van der Waals surface area contributed by atoms with Gasteiger partial charge in [0.2, 0.25) is 10.1 Å². The summed E-state index contributed by atoms with van der Waals surface area (Å²) >= 11 is 0.403. The molecular weight excluding hydrogens is 295 g/mol. The topological polar surface area (TPSA) is 75.1 Å². The molecule has 1 heterocycles. The minimum absolute atomic E-state index is 0.0236. The summed E-state index contributed by atoms with van der Waals surface area (Å²) in [6.45, 7) is 0. The van der Waals surface area contributed by atoms with E-state index < -0.39 is 29.1 Å². The molecule has 0 spiro atoms. The Morgan fingerprint density at radius 3 is 2.55 bits per heavy atom. The fourth-order valence-corrected chi connectivity index (χ4v) is 3.00. The van der Waals surface area contributed by atoms with Crippen LogP contribution in [0.5, 0.6) is 0 Å². The van der Waals surface area contributed by atoms with Crippen LogP contribution >= 0.6 is 11.3 Å². The lowest BCUT2D eigenvalue weighted by Gasteiger charge is -2.22. The molecule has 0 aromatic carbocycles. The van der Waals surface area contributed by atoms with E-state index in [2.05, 4.69) is 15.5 Å². The van der Waals surface area contributed by atoms with Gasteiger partial charge in [0.25, 0.3) is 0 Å². The molecule has 2 atom stereocenters. The Morgan fingerprint density at radius 2 is 1.95 bits per heavy atom. The Labute approximate surface area is 117 Å². The van der Waals surface area contributed by atoms with Gasteiger partial charge in [0.1, 0.15) is 0 Å². The number of halogens is 3. The zero-order valence-electron chi connectivity index (χ0n) is 10.5. The molecule has 1 aromatic rings. The fraction of sp³-hybridized carbons (Fsp3) is 0.727. The van der Waals surface area contributed by atoms with Crippen LogP contribution in [0, 0.1) is 5.92 Å². The Morgan fingerprint density at radius 1 is 1.25 bits per heavy atom. The molecule has 1 saturated carbocycles. The van der Waals surface area contributed by atoms with Crippen LogP contribution in [0.15, 0.2) is 0 Å². The van der Waals surface area contributed by atoms with E-state index in [4.69, 9.17) is 0 Å². The smallest absolute Gasteiger partial charge is 0.445 e. The molecule has 112 valence electrons. The minimum atomic E-state index is -4.52. The van der Waals surface area contributed by atoms with Gasteiger partial charge in [-0.2, -0.15) is 13.2 Å². The molecule has 9 heteroatoms. The Hall–Kier alpha value is -1.38. The molecular formula is C11H14F3N3O2S. The van der Waals surface area contributed by atoms with Crippen molar-refractivity contribution < 1.29 is 23.1 Å². The number of carboxylic acids is 1. The summed E-state index contributed by atoms with van der Waals surface area (Å²) in [6, 6.07) is -0.399. The van der Waals surface area contributed by atoms with Crippen LogP contribution in [0.25, 0.3) is 0 Å². The van der Waals surface area contributed by atoms with E-state index in [0.29, 0.717) is 24.2 Å². The summed E-state index contributed by atoms with van der Waals surface area (Å²) in [6.07, 6.45) is -0.777. The summed E-state index contributed by atoms with van der Waals surface area (Å²) in [5.74, 6) is -1.53. The number of anilines is 1. The van der Waals surface area contributed by atoms with Crippen molar-refractivity contribution in [3.8, 4) is 0 Å². The van der Waals surface area contributed by atoms with Gasteiger partial charge in [-0.1, -0.05) is 30.6 Å². The maximum Gasteiger partial charge on any atom is 0.445 e. The van der Waals surface area contributed by atoms with Crippen LogP contribution in [0.1, 0.15) is 37.1 Å². The van der Waals surface area contributed by atoms with Crippen molar-refractivity contribution >= 4 is 22.4 Å². The van der Waals surface area contributed by atoms with Gasteiger partial charge in [-0.25, -0.2) is 0 Å². The van der Waals surface area contributed by atoms with Gasteiger partial charge >= 0.3 is 12.1 Å². The molecule has 1 fully saturated rings. The van der Waals surface area contributed by atoms with Gasteiger partial charge in [-0.15, -0.1) is 10.2 Å². The van der Waals surface area contributed by atoms with Gasteiger partial charge in [-0.3, -0.25) is 4.79 Å². The second-order valence-corrected chi connectivity index (χ2v) is 5.72. The largest absolute Gasteiger partial charge is 0.481 e. The quantitative estimate of drug-likeness (QED) is 0.840. The standard InChI is InChI=1S/C11H14F3N3O2S/c12-11(13,14)9-16-17-10(20-9)15-7-5-3-1-2-4-6(7)8(18)19/h6-7H,1-5H2,(H,15,17)(H,18,19). The second kappa shape index (κ2) is 5.94. The summed E-state index contributed by atoms with van der Waals surface area (Å²) in [7, 11) is 0. The molecule has 2 rings (SSSR count). The average molecular weight is 309 g/mol. The zero-order chi connectivity index (χ0) is 14.8. The molecule has 20 heavy (non-hydrogen) atoms. The van der Waals surface area contributed by atoms with E-state index in [9.17, 15) is 23.1 Å². The number of nitrogens with one attached hydrogen (secondary N) is 1. The second-order valence-electron chi connectivity index (χ2n) is 4.74. The molecule has 1 aliphatic rings. The highest BCUT2D eigenvalue weighted by Crippen LogP contribution is 2.34. The number of rotatable bonds is 3. The van der Waals surface area contributed by atoms with Crippen molar-refractivity contribution in [3.05, 3.63) is 5.01 Å². The molecule has 0 bridgehead atoms. The number of alkyl halides is 3. The van der Waals surface area contributed by atoms with Gasteiger partial charge < -0.3 is 10.4 Å². The molecule has 2 unspecified atom stereocenters. The lowest BCUT2D eigenvalue weighted by Crippen LogP contribution is -2.33. The molecule has 0 radical (unpaired) electrons. The van der Waals surface area contributed by atoms with Crippen LogP contribution in [0.4, 0.5) is 18.3 Å². The lowest BCUT2D eigenvalue weighted by molar-refractivity contribution is -0.142. The zero-order valence-corrected chi connectivity index (χ0v) is 11.3. The van der Waals surface area contributed by atoms with Crippen molar-refractivity contribution in [1.82, 2.24) is 10.2 Å². The van der Waals surface area contributed by atoms with E-state index in [-0.39, 0.29) is 5.13 Å². The normalized spacial score (nSPS) is 24.1. The highest BCUT2D eigenvalue weighted by molar-refractivity contribution is 7.15. The van der Waals surface area contributed by atoms with Gasteiger partial charge in [0.05, 0.1) is 5.92 Å². The first-order valence-corrected chi connectivity index (χ1v) is 7.09. The molecule has 2 N–H and O–H groups in total. The summed E-state index contributed by atoms with van der Waals surface area (Å²) < 4.78 is 37.3. The van der Waals surface area contributed by atoms with Crippen LogP contribution in [-0.2, 0) is 11.0 Å². The van der Waals surface area contributed by atoms with Crippen molar-refractivity contribution in [2.45, 2.75) is 44.3 Å². The number of aliphatic carboxylic acids is 1. The van der Waals surface area contributed by atoms with E-state index in [1.165, 1.54) is 0 Å². The molecule has 1 aliphatic carbocycles. The first-order valence-electron chi connectivity index (χ1n) is 6.28. The van der Waals surface area contributed by atoms with Crippen molar-refractivity contribution in [2.24, 2.45) is 5.92 Å².